The Labute approximate surface area is 178 Å². The fourth-order valence-electron chi connectivity index (χ4n) is 3.01. The van der Waals surface area contributed by atoms with E-state index in [9.17, 15) is 8.42 Å². The van der Waals surface area contributed by atoms with E-state index in [2.05, 4.69) is 15.6 Å². The fraction of sp³-hybridized carbons (Fsp3) is 0.381. The number of rotatable bonds is 8. The maximum absolute atomic E-state index is 12.6. The van der Waals surface area contributed by atoms with E-state index in [0.717, 1.165) is 23.5 Å². The first kappa shape index (κ1) is 21.9. The summed E-state index contributed by atoms with van der Waals surface area (Å²) in [7, 11) is -0.475. The highest BCUT2D eigenvalue weighted by Crippen LogP contribution is 2.32. The van der Waals surface area contributed by atoms with E-state index in [1.807, 2.05) is 31.2 Å². The van der Waals surface area contributed by atoms with Crippen LogP contribution in [0, 0.1) is 0 Å². The number of ether oxygens (including phenoxy) is 2. The number of hydrogen-bond acceptors (Lipinski definition) is 5. The van der Waals surface area contributed by atoms with Crippen LogP contribution in [-0.4, -0.2) is 52.7 Å². The van der Waals surface area contributed by atoms with E-state index in [-0.39, 0.29) is 18.2 Å². The molecule has 162 valence electrons. The van der Waals surface area contributed by atoms with Crippen LogP contribution < -0.4 is 20.1 Å². The normalized spacial score (nSPS) is 13.5. The Morgan fingerprint density at radius 1 is 1.10 bits per heavy atom. The zero-order chi connectivity index (χ0) is 21.6. The summed E-state index contributed by atoms with van der Waals surface area (Å²) in [5.74, 6) is 2.18. The van der Waals surface area contributed by atoms with Gasteiger partial charge in [0.2, 0.25) is 16.8 Å². The number of benzene rings is 2. The van der Waals surface area contributed by atoms with Gasteiger partial charge in [0.15, 0.2) is 17.5 Å². The number of hydrogen-bond donors (Lipinski definition) is 2. The molecular formula is C21H28N4O4S. The Morgan fingerprint density at radius 2 is 1.87 bits per heavy atom. The summed E-state index contributed by atoms with van der Waals surface area (Å²) in [4.78, 5) is 4.85. The van der Waals surface area contributed by atoms with E-state index in [1.165, 1.54) is 18.4 Å². The molecule has 1 aliphatic heterocycles. The molecule has 3 rings (SSSR count). The molecule has 1 aliphatic rings. The molecule has 0 saturated heterocycles. The van der Waals surface area contributed by atoms with Crippen molar-refractivity contribution in [2.75, 3.05) is 34.0 Å². The van der Waals surface area contributed by atoms with Crippen molar-refractivity contribution >= 4 is 16.0 Å². The van der Waals surface area contributed by atoms with Gasteiger partial charge in [-0.2, -0.15) is 0 Å². The first-order valence-electron chi connectivity index (χ1n) is 9.83. The van der Waals surface area contributed by atoms with Crippen LogP contribution in [0.3, 0.4) is 0 Å². The number of nitrogens with zero attached hydrogens (tertiary/aromatic N) is 2. The Hall–Kier alpha value is -2.78. The Balaban J connectivity index is 1.65. The molecule has 30 heavy (non-hydrogen) atoms. The van der Waals surface area contributed by atoms with Crippen molar-refractivity contribution in [3.63, 3.8) is 0 Å². The molecular weight excluding hydrogens is 404 g/mol. The van der Waals surface area contributed by atoms with Crippen molar-refractivity contribution in [1.29, 1.82) is 0 Å². The molecule has 0 bridgehead atoms. The molecule has 2 N–H and O–H groups in total. The molecule has 2 aromatic rings. The van der Waals surface area contributed by atoms with Crippen molar-refractivity contribution in [3.05, 3.63) is 53.6 Å². The highest BCUT2D eigenvalue weighted by molar-refractivity contribution is 7.89. The molecule has 0 saturated carbocycles. The zero-order valence-corrected chi connectivity index (χ0v) is 18.3. The van der Waals surface area contributed by atoms with Crippen LogP contribution in [-0.2, 0) is 23.0 Å². The molecule has 0 amide bonds. The summed E-state index contributed by atoms with van der Waals surface area (Å²) in [6, 6.07) is 12.9. The summed E-state index contributed by atoms with van der Waals surface area (Å²) in [6.45, 7) is 3.87. The minimum Gasteiger partial charge on any atom is -0.454 e. The molecule has 0 radical (unpaired) electrons. The highest BCUT2D eigenvalue weighted by atomic mass is 32.2. The molecule has 8 nitrogen and oxygen atoms in total. The lowest BCUT2D eigenvalue weighted by molar-refractivity contribution is 0.174. The highest BCUT2D eigenvalue weighted by Gasteiger charge is 2.20. The van der Waals surface area contributed by atoms with E-state index in [0.29, 0.717) is 24.6 Å². The third-order valence-corrected chi connectivity index (χ3v) is 6.54. The third-order valence-electron chi connectivity index (χ3n) is 4.63. The number of fused-ring (bicyclic) bond motifs is 1. The second-order valence-corrected chi connectivity index (χ2v) is 9.07. The van der Waals surface area contributed by atoms with E-state index in [1.54, 1.807) is 18.2 Å². The van der Waals surface area contributed by atoms with Crippen molar-refractivity contribution in [2.45, 2.75) is 24.8 Å². The average molecular weight is 433 g/mol. The van der Waals surface area contributed by atoms with Gasteiger partial charge in [-0.1, -0.05) is 24.3 Å². The Kier molecular flexibility index (Phi) is 7.17. The molecule has 0 spiro atoms. The summed E-state index contributed by atoms with van der Waals surface area (Å²) in [6.07, 6.45) is 0.784. The van der Waals surface area contributed by atoms with Crippen LogP contribution in [0.25, 0.3) is 0 Å². The minimum atomic E-state index is -3.52. The monoisotopic (exact) mass is 432 g/mol. The number of sulfonamides is 1. The molecule has 0 atom stereocenters. The van der Waals surface area contributed by atoms with Crippen molar-refractivity contribution in [2.24, 2.45) is 4.99 Å². The van der Waals surface area contributed by atoms with Crippen molar-refractivity contribution < 1.29 is 17.9 Å². The van der Waals surface area contributed by atoms with E-state index in [4.69, 9.17) is 9.47 Å². The quantitative estimate of drug-likeness (QED) is 0.489. The zero-order valence-electron chi connectivity index (χ0n) is 17.5. The van der Waals surface area contributed by atoms with Gasteiger partial charge in [0.1, 0.15) is 0 Å². The van der Waals surface area contributed by atoms with Crippen LogP contribution in [0.2, 0.25) is 0 Å². The second-order valence-electron chi connectivity index (χ2n) is 6.95. The van der Waals surface area contributed by atoms with E-state index < -0.39 is 10.0 Å². The lowest BCUT2D eigenvalue weighted by Crippen LogP contribution is -2.38. The van der Waals surface area contributed by atoms with Gasteiger partial charge in [-0.3, -0.25) is 0 Å². The van der Waals surface area contributed by atoms with Gasteiger partial charge in [0, 0.05) is 27.2 Å². The fourth-order valence-corrected chi connectivity index (χ4v) is 4.12. The standard InChI is InChI=1S/C21H28N4O4S/c1-4-22-21(23-12-11-16-9-10-18-19(13-16)29-15-28-18)24-14-17-7-5-6-8-20(17)30(26,27)25(2)3/h5-10,13H,4,11-12,14-15H2,1-3H3,(H2,22,23,24). The summed E-state index contributed by atoms with van der Waals surface area (Å²) < 4.78 is 37.1. The molecule has 0 unspecified atom stereocenters. The maximum Gasteiger partial charge on any atom is 0.242 e. The number of nitrogens with one attached hydrogen (secondary N) is 2. The number of guanidine groups is 1. The average Bonchev–Trinajstić information content (AvgIpc) is 3.20. The Morgan fingerprint density at radius 3 is 2.63 bits per heavy atom. The molecule has 1 heterocycles. The van der Waals surface area contributed by atoms with Crippen LogP contribution in [0.4, 0.5) is 0 Å². The van der Waals surface area contributed by atoms with E-state index >= 15 is 0 Å². The Bertz CT molecular complexity index is 1010. The molecule has 0 fully saturated rings. The lowest BCUT2D eigenvalue weighted by Gasteiger charge is -2.15. The van der Waals surface area contributed by atoms with Gasteiger partial charge in [-0.25, -0.2) is 17.7 Å². The third kappa shape index (κ3) is 5.22. The second kappa shape index (κ2) is 9.82. The summed E-state index contributed by atoms with van der Waals surface area (Å²) >= 11 is 0. The summed E-state index contributed by atoms with van der Waals surface area (Å²) in [5, 5.41) is 6.49. The van der Waals surface area contributed by atoms with Gasteiger partial charge in [-0.15, -0.1) is 0 Å². The predicted octanol–water partition coefficient (Wildman–Crippen LogP) is 1.96. The molecule has 0 aromatic heterocycles. The van der Waals surface area contributed by atoms with Crippen LogP contribution >= 0.6 is 0 Å². The van der Waals surface area contributed by atoms with Crippen LogP contribution in [0.5, 0.6) is 11.5 Å². The first-order valence-corrected chi connectivity index (χ1v) is 11.3. The van der Waals surface area contributed by atoms with Gasteiger partial charge in [0.25, 0.3) is 0 Å². The largest absolute Gasteiger partial charge is 0.454 e. The molecule has 0 aliphatic carbocycles. The maximum atomic E-state index is 12.6. The molecule has 9 heteroatoms. The van der Waals surface area contributed by atoms with Crippen LogP contribution in [0.15, 0.2) is 52.4 Å². The lowest BCUT2D eigenvalue weighted by atomic mass is 10.1. The smallest absolute Gasteiger partial charge is 0.242 e. The van der Waals surface area contributed by atoms with Crippen LogP contribution in [0.1, 0.15) is 18.1 Å². The van der Waals surface area contributed by atoms with Gasteiger partial charge < -0.3 is 20.1 Å². The minimum absolute atomic E-state index is 0.253. The van der Waals surface area contributed by atoms with Gasteiger partial charge >= 0.3 is 0 Å². The SMILES string of the molecule is CCNC(=NCc1ccccc1S(=O)(=O)N(C)C)NCCc1ccc2c(c1)OCO2. The molecule has 2 aromatic carbocycles. The van der Waals surface area contributed by atoms with Crippen molar-refractivity contribution in [3.8, 4) is 11.5 Å². The van der Waals surface area contributed by atoms with Gasteiger partial charge in [-0.05, 0) is 42.7 Å². The number of aliphatic imine (C=N–C) groups is 1. The topological polar surface area (TPSA) is 92.3 Å². The first-order chi connectivity index (χ1) is 14.4. The van der Waals surface area contributed by atoms with Crippen molar-refractivity contribution in [1.82, 2.24) is 14.9 Å². The van der Waals surface area contributed by atoms with Gasteiger partial charge in [0.05, 0.1) is 11.4 Å². The predicted molar refractivity (Wildman–Crippen MR) is 116 cm³/mol. The summed E-state index contributed by atoms with van der Waals surface area (Å²) in [5.41, 5.74) is 1.78.